The Morgan fingerprint density at radius 2 is 1.89 bits per heavy atom. The van der Waals surface area contributed by atoms with Crippen LogP contribution in [0.4, 0.5) is 9.18 Å². The smallest absolute Gasteiger partial charge is 0.410 e. The number of halogens is 1. The first-order chi connectivity index (χ1) is 22.3. The van der Waals surface area contributed by atoms with Crippen molar-refractivity contribution in [2.75, 3.05) is 13.1 Å². The first-order valence-corrected chi connectivity index (χ1v) is 16.8. The summed E-state index contributed by atoms with van der Waals surface area (Å²) >= 11 is 0. The molecule has 1 aromatic rings. The first kappa shape index (κ1) is 32.4. The van der Waals surface area contributed by atoms with Crippen LogP contribution in [0.2, 0.25) is 0 Å². The normalized spacial score (nSPS) is 27.8. The van der Waals surface area contributed by atoms with E-state index < -0.39 is 93.0 Å². The lowest BCUT2D eigenvalue weighted by atomic mass is 10.1. The summed E-state index contributed by atoms with van der Waals surface area (Å²) in [6, 6.07) is 3.25. The molecule has 47 heavy (non-hydrogen) atoms. The fraction of sp³-hybridized carbons (Fsp3) is 0.533. The molecule has 4 fully saturated rings. The third-order valence-corrected chi connectivity index (χ3v) is 11.0. The number of sulfonamides is 1. The summed E-state index contributed by atoms with van der Waals surface area (Å²) in [7, 11) is -3.93. The van der Waals surface area contributed by atoms with E-state index >= 15 is 0 Å². The molecule has 0 aromatic heterocycles. The van der Waals surface area contributed by atoms with Crippen LogP contribution in [0.5, 0.6) is 0 Å². The van der Waals surface area contributed by atoms with E-state index in [1.54, 1.807) is 6.07 Å². The van der Waals surface area contributed by atoms with Gasteiger partial charge in [-0.2, -0.15) is 0 Å². The Labute approximate surface area is 269 Å². The van der Waals surface area contributed by atoms with E-state index in [1.165, 1.54) is 23.1 Å². The number of esters is 1. The lowest BCUT2D eigenvalue weighted by Crippen LogP contribution is -2.57. The second-order valence-electron chi connectivity index (χ2n) is 12.5. The van der Waals surface area contributed by atoms with Crippen molar-refractivity contribution in [1.82, 2.24) is 25.2 Å². The highest BCUT2D eigenvalue weighted by molar-refractivity contribution is 7.91. The van der Waals surface area contributed by atoms with E-state index in [0.29, 0.717) is 24.0 Å². The molecule has 5 amide bonds. The molecule has 0 radical (unpaired) electrons. The maximum atomic E-state index is 14.3. The summed E-state index contributed by atoms with van der Waals surface area (Å²) in [5.41, 5.74) is -0.627. The summed E-state index contributed by atoms with van der Waals surface area (Å²) in [5, 5.41) is 4.34. The largest absolute Gasteiger partial charge is 0.452 e. The number of cyclic esters (lactones) is 1. The standard InChI is InChI=1S/C30H34FN5O10S/c1-2-17-11-30(17,28(41)34-47(43,44)19-6-7-19)33-26(39)22-10-18(45-29(42)35-13-16-4-3-5-21(31)20(16)15-35)14-36(22)24(37)12-32-27(40)23-8-9-25(38)46-23/h2-5,17-19,22-23H,1,6-15H2,(H,32,40)(H,33,39)(H,34,41)/t17-,18?,22+,23-,30-/m1/s1. The van der Waals surface area contributed by atoms with Crippen molar-refractivity contribution >= 4 is 45.7 Å². The Kier molecular flexibility index (Phi) is 8.44. The van der Waals surface area contributed by atoms with Crippen molar-refractivity contribution in [3.05, 3.63) is 47.8 Å². The number of hydrogen-bond donors (Lipinski definition) is 3. The number of likely N-dealkylation sites (tertiary alicyclic amines) is 1. The van der Waals surface area contributed by atoms with Crippen molar-refractivity contribution in [1.29, 1.82) is 0 Å². The van der Waals surface area contributed by atoms with E-state index in [4.69, 9.17) is 9.47 Å². The lowest BCUT2D eigenvalue weighted by molar-refractivity contribution is -0.148. The molecule has 1 aromatic carbocycles. The fourth-order valence-electron chi connectivity index (χ4n) is 6.24. The molecular formula is C30H34FN5O10S. The van der Waals surface area contributed by atoms with Crippen LogP contribution >= 0.6 is 0 Å². The van der Waals surface area contributed by atoms with E-state index in [2.05, 4.69) is 21.9 Å². The number of hydrogen-bond acceptors (Lipinski definition) is 10. The monoisotopic (exact) mass is 675 g/mol. The second kappa shape index (κ2) is 12.2. The third kappa shape index (κ3) is 6.53. The molecule has 3 heterocycles. The van der Waals surface area contributed by atoms with Gasteiger partial charge in [-0.15, -0.1) is 6.58 Å². The quantitative estimate of drug-likeness (QED) is 0.219. The Balaban J connectivity index is 1.15. The van der Waals surface area contributed by atoms with Crippen LogP contribution in [-0.2, 0) is 56.6 Å². The Morgan fingerprint density at radius 1 is 1.13 bits per heavy atom. The minimum atomic E-state index is -3.93. The molecule has 17 heteroatoms. The predicted molar refractivity (Wildman–Crippen MR) is 157 cm³/mol. The van der Waals surface area contributed by atoms with Gasteiger partial charge in [-0.3, -0.25) is 33.6 Å². The Morgan fingerprint density at radius 3 is 2.53 bits per heavy atom. The van der Waals surface area contributed by atoms with E-state index in [1.807, 2.05) is 0 Å². The van der Waals surface area contributed by atoms with Crippen molar-refractivity contribution in [3.63, 3.8) is 0 Å². The van der Waals surface area contributed by atoms with Crippen molar-refractivity contribution in [2.45, 2.75) is 80.7 Å². The number of carbonyl (C=O) groups excluding carboxylic acids is 6. The third-order valence-electron chi connectivity index (χ3n) is 9.18. The lowest BCUT2D eigenvalue weighted by Gasteiger charge is -2.26. The summed E-state index contributed by atoms with van der Waals surface area (Å²) in [6.45, 7) is 2.94. The number of carbonyl (C=O) groups is 6. The van der Waals surface area contributed by atoms with Crippen LogP contribution in [-0.4, -0.2) is 96.0 Å². The zero-order chi connectivity index (χ0) is 33.7. The summed E-state index contributed by atoms with van der Waals surface area (Å²) < 4.78 is 51.9. The Hall–Kier alpha value is -4.54. The highest BCUT2D eigenvalue weighted by Gasteiger charge is 2.62. The van der Waals surface area contributed by atoms with Crippen molar-refractivity contribution in [2.24, 2.45) is 5.92 Å². The van der Waals surface area contributed by atoms with Gasteiger partial charge in [0.15, 0.2) is 6.10 Å². The molecule has 2 saturated heterocycles. The molecule has 5 atom stereocenters. The van der Waals surface area contributed by atoms with Gasteiger partial charge in [0.2, 0.25) is 21.8 Å². The van der Waals surface area contributed by atoms with E-state index in [9.17, 15) is 41.6 Å². The zero-order valence-corrected chi connectivity index (χ0v) is 26.1. The van der Waals surface area contributed by atoms with Gasteiger partial charge in [0.1, 0.15) is 23.5 Å². The molecular weight excluding hydrogens is 641 g/mol. The molecule has 5 aliphatic rings. The molecule has 1 unspecified atom stereocenters. The number of rotatable bonds is 10. The van der Waals surface area contributed by atoms with Gasteiger partial charge in [0.05, 0.1) is 24.9 Å². The molecule has 0 spiro atoms. The minimum Gasteiger partial charge on any atom is -0.452 e. The molecule has 6 rings (SSSR count). The predicted octanol–water partition coefficient (Wildman–Crippen LogP) is -0.261. The van der Waals surface area contributed by atoms with Gasteiger partial charge in [-0.25, -0.2) is 17.6 Å². The molecule has 0 bridgehead atoms. The number of nitrogens with one attached hydrogen (secondary N) is 3. The SMILES string of the molecule is C=C[C@@H]1C[C@]1(NC(=O)[C@@H]1CC(OC(=O)N2Cc3cccc(F)c3C2)CN1C(=O)CNC(=O)[C@H]1CCC(=O)O1)C(=O)NS(=O)(=O)C1CC1. The van der Waals surface area contributed by atoms with E-state index in [-0.39, 0.29) is 45.3 Å². The topological polar surface area (TPSA) is 198 Å². The molecule has 15 nitrogen and oxygen atoms in total. The van der Waals surface area contributed by atoms with Gasteiger partial charge in [0, 0.05) is 37.3 Å². The van der Waals surface area contributed by atoms with Crippen LogP contribution in [0, 0.1) is 11.7 Å². The van der Waals surface area contributed by atoms with Crippen LogP contribution in [0.25, 0.3) is 0 Å². The van der Waals surface area contributed by atoms with Gasteiger partial charge < -0.3 is 25.0 Å². The molecule has 3 aliphatic heterocycles. The van der Waals surface area contributed by atoms with Crippen LogP contribution in [0.15, 0.2) is 30.9 Å². The second-order valence-corrected chi connectivity index (χ2v) is 14.4. The highest BCUT2D eigenvalue weighted by atomic mass is 32.2. The van der Waals surface area contributed by atoms with E-state index in [0.717, 1.165) is 4.90 Å². The van der Waals surface area contributed by atoms with Crippen molar-refractivity contribution in [3.8, 4) is 0 Å². The van der Waals surface area contributed by atoms with Gasteiger partial charge in [0.25, 0.3) is 11.8 Å². The summed E-state index contributed by atoms with van der Waals surface area (Å²) in [6.07, 6.45) is -0.442. The first-order valence-electron chi connectivity index (χ1n) is 15.3. The number of benzene rings is 1. The summed E-state index contributed by atoms with van der Waals surface area (Å²) in [5.74, 6) is -4.70. The number of amides is 5. The minimum absolute atomic E-state index is 0.0256. The number of ether oxygens (including phenoxy) is 2. The van der Waals surface area contributed by atoms with Gasteiger partial charge in [-0.1, -0.05) is 18.2 Å². The maximum absolute atomic E-state index is 14.3. The summed E-state index contributed by atoms with van der Waals surface area (Å²) in [4.78, 5) is 79.6. The molecule has 252 valence electrons. The van der Waals surface area contributed by atoms with Crippen LogP contribution in [0.3, 0.4) is 0 Å². The van der Waals surface area contributed by atoms with Crippen LogP contribution < -0.4 is 15.4 Å². The van der Waals surface area contributed by atoms with Gasteiger partial charge >= 0.3 is 12.1 Å². The average Bonchev–Trinajstić information content (AvgIpc) is 3.85. The van der Waals surface area contributed by atoms with Crippen molar-refractivity contribution < 1.29 is 51.0 Å². The Bertz CT molecular complexity index is 1670. The molecule has 3 N–H and O–H groups in total. The number of nitrogens with zero attached hydrogens (tertiary/aromatic N) is 2. The van der Waals surface area contributed by atoms with Gasteiger partial charge in [-0.05, 0) is 30.9 Å². The molecule has 2 saturated carbocycles. The van der Waals surface area contributed by atoms with Crippen LogP contribution in [0.1, 0.15) is 49.7 Å². The average molecular weight is 676 g/mol. The maximum Gasteiger partial charge on any atom is 0.410 e. The highest BCUT2D eigenvalue weighted by Crippen LogP contribution is 2.45. The fourth-order valence-corrected chi connectivity index (χ4v) is 7.61. The zero-order valence-electron chi connectivity index (χ0n) is 25.2. The molecule has 2 aliphatic carbocycles. The number of fused-ring (bicyclic) bond motifs is 1.